The molecule has 0 spiro atoms. The van der Waals surface area contributed by atoms with E-state index >= 15 is 0 Å². The Bertz CT molecular complexity index is 777. The van der Waals surface area contributed by atoms with E-state index in [4.69, 9.17) is 16.3 Å². The summed E-state index contributed by atoms with van der Waals surface area (Å²) in [5.41, 5.74) is 1.27. The number of halogens is 2. The third-order valence-corrected chi connectivity index (χ3v) is 3.52. The van der Waals surface area contributed by atoms with Crippen LogP contribution in [0.3, 0.4) is 0 Å². The normalized spacial score (nSPS) is 10.6. The molecule has 6 heteroatoms. The maximum absolute atomic E-state index is 13.4. The molecule has 0 aromatic heterocycles. The topological polar surface area (TPSA) is 55.4 Å². The minimum atomic E-state index is -0.635. The minimum Gasteiger partial charge on any atom is -0.452 e. The first-order valence-electron chi connectivity index (χ1n) is 7.65. The lowest BCUT2D eigenvalue weighted by Gasteiger charge is -2.06. The highest BCUT2D eigenvalue weighted by molar-refractivity contribution is 6.30. The van der Waals surface area contributed by atoms with Gasteiger partial charge in [0, 0.05) is 17.6 Å². The van der Waals surface area contributed by atoms with Gasteiger partial charge in [-0.3, -0.25) is 4.79 Å². The van der Waals surface area contributed by atoms with Crippen molar-refractivity contribution in [1.29, 1.82) is 0 Å². The SMILES string of the molecule is O=C(COC(=O)/C=C/c1cccc(Cl)c1)NCCc1ccccc1F. The number of hydrogen-bond donors (Lipinski definition) is 1. The molecular formula is C19H17ClFNO3. The van der Waals surface area contributed by atoms with Crippen LogP contribution in [-0.4, -0.2) is 25.0 Å². The molecule has 0 heterocycles. The Kier molecular flexibility index (Phi) is 7.16. The molecule has 0 saturated carbocycles. The molecule has 2 aromatic rings. The number of carbonyl (C=O) groups excluding carboxylic acids is 2. The Balaban J connectivity index is 1.69. The summed E-state index contributed by atoms with van der Waals surface area (Å²) in [6.07, 6.45) is 3.13. The average Bonchev–Trinajstić information content (AvgIpc) is 2.60. The predicted molar refractivity (Wildman–Crippen MR) is 94.6 cm³/mol. The zero-order valence-corrected chi connectivity index (χ0v) is 14.1. The second-order valence-electron chi connectivity index (χ2n) is 5.19. The Labute approximate surface area is 150 Å². The lowest BCUT2D eigenvalue weighted by atomic mass is 10.1. The van der Waals surface area contributed by atoms with Gasteiger partial charge in [0.1, 0.15) is 5.82 Å². The van der Waals surface area contributed by atoms with E-state index in [1.54, 1.807) is 48.5 Å². The minimum absolute atomic E-state index is 0.260. The van der Waals surface area contributed by atoms with Crippen molar-refractivity contribution in [2.24, 2.45) is 0 Å². The second-order valence-corrected chi connectivity index (χ2v) is 5.62. The summed E-state index contributed by atoms with van der Waals surface area (Å²) in [7, 11) is 0. The van der Waals surface area contributed by atoms with Crippen LogP contribution >= 0.6 is 11.6 Å². The molecule has 0 radical (unpaired) electrons. The first-order valence-corrected chi connectivity index (χ1v) is 8.03. The molecule has 4 nitrogen and oxygen atoms in total. The summed E-state index contributed by atoms with van der Waals surface area (Å²) in [6.45, 7) is -0.133. The van der Waals surface area contributed by atoms with Crippen LogP contribution in [0.5, 0.6) is 0 Å². The van der Waals surface area contributed by atoms with Crippen LogP contribution in [-0.2, 0) is 20.7 Å². The number of benzene rings is 2. The van der Waals surface area contributed by atoms with Crippen LogP contribution in [0.4, 0.5) is 4.39 Å². The molecule has 0 atom stereocenters. The molecule has 2 rings (SSSR count). The number of esters is 1. The lowest BCUT2D eigenvalue weighted by Crippen LogP contribution is -2.30. The summed E-state index contributed by atoms with van der Waals surface area (Å²) < 4.78 is 18.3. The summed E-state index contributed by atoms with van der Waals surface area (Å²) in [4.78, 5) is 23.2. The van der Waals surface area contributed by atoms with Gasteiger partial charge in [-0.2, -0.15) is 0 Å². The van der Waals surface area contributed by atoms with E-state index in [0.29, 0.717) is 17.0 Å². The Hall–Kier alpha value is -2.66. The van der Waals surface area contributed by atoms with Crippen molar-refractivity contribution in [3.05, 3.63) is 76.6 Å². The van der Waals surface area contributed by atoms with Gasteiger partial charge in [0.15, 0.2) is 6.61 Å². The Morgan fingerprint density at radius 2 is 1.96 bits per heavy atom. The summed E-state index contributed by atoms with van der Waals surface area (Å²) in [5, 5.41) is 3.13. The molecule has 25 heavy (non-hydrogen) atoms. The van der Waals surface area contributed by atoms with Crippen molar-refractivity contribution in [2.75, 3.05) is 13.2 Å². The van der Waals surface area contributed by atoms with E-state index in [1.165, 1.54) is 12.1 Å². The molecule has 0 aliphatic rings. The molecule has 0 fully saturated rings. The maximum Gasteiger partial charge on any atom is 0.331 e. The van der Waals surface area contributed by atoms with Gasteiger partial charge < -0.3 is 10.1 Å². The molecule has 0 aliphatic heterocycles. The third-order valence-electron chi connectivity index (χ3n) is 3.28. The zero-order valence-electron chi connectivity index (χ0n) is 13.4. The summed E-state index contributed by atoms with van der Waals surface area (Å²) in [6, 6.07) is 13.3. The number of ether oxygens (including phenoxy) is 1. The van der Waals surface area contributed by atoms with Gasteiger partial charge in [0.05, 0.1) is 0 Å². The van der Waals surface area contributed by atoms with Crippen molar-refractivity contribution < 1.29 is 18.7 Å². The van der Waals surface area contributed by atoms with Gasteiger partial charge in [0.2, 0.25) is 0 Å². The largest absolute Gasteiger partial charge is 0.452 e. The van der Waals surface area contributed by atoms with E-state index in [1.807, 2.05) is 0 Å². The van der Waals surface area contributed by atoms with Crippen LogP contribution in [0.15, 0.2) is 54.6 Å². The number of carbonyl (C=O) groups is 2. The fourth-order valence-corrected chi connectivity index (χ4v) is 2.25. The highest BCUT2D eigenvalue weighted by Gasteiger charge is 2.06. The van der Waals surface area contributed by atoms with Crippen molar-refractivity contribution in [1.82, 2.24) is 5.32 Å². The van der Waals surface area contributed by atoms with E-state index in [2.05, 4.69) is 5.32 Å². The summed E-state index contributed by atoms with van der Waals surface area (Å²) >= 11 is 5.84. The highest BCUT2D eigenvalue weighted by atomic mass is 35.5. The monoisotopic (exact) mass is 361 g/mol. The molecule has 1 N–H and O–H groups in total. The summed E-state index contributed by atoms with van der Waals surface area (Å²) in [5.74, 6) is -1.39. The van der Waals surface area contributed by atoms with Gasteiger partial charge >= 0.3 is 5.97 Å². The molecule has 2 aromatic carbocycles. The molecule has 1 amide bonds. The second kappa shape index (κ2) is 9.59. The molecule has 0 aliphatic carbocycles. The molecular weight excluding hydrogens is 345 g/mol. The van der Waals surface area contributed by atoms with E-state index in [-0.39, 0.29) is 12.4 Å². The Morgan fingerprint density at radius 1 is 1.16 bits per heavy atom. The van der Waals surface area contributed by atoms with Gasteiger partial charge in [-0.1, -0.05) is 41.9 Å². The maximum atomic E-state index is 13.4. The van der Waals surface area contributed by atoms with Crippen molar-refractivity contribution in [3.8, 4) is 0 Å². The average molecular weight is 362 g/mol. The highest BCUT2D eigenvalue weighted by Crippen LogP contribution is 2.11. The molecule has 130 valence electrons. The van der Waals surface area contributed by atoms with Gasteiger partial charge in [0.25, 0.3) is 5.91 Å². The first kappa shape index (κ1) is 18.7. The number of nitrogens with one attached hydrogen (secondary N) is 1. The number of rotatable bonds is 7. The fourth-order valence-electron chi connectivity index (χ4n) is 2.05. The quantitative estimate of drug-likeness (QED) is 0.607. The van der Waals surface area contributed by atoms with Gasteiger partial charge in [-0.15, -0.1) is 0 Å². The van der Waals surface area contributed by atoms with Crippen molar-refractivity contribution >= 4 is 29.6 Å². The fraction of sp³-hybridized carbons (Fsp3) is 0.158. The van der Waals surface area contributed by atoms with Crippen LogP contribution < -0.4 is 5.32 Å². The van der Waals surface area contributed by atoms with E-state index in [9.17, 15) is 14.0 Å². The zero-order chi connectivity index (χ0) is 18.1. The lowest BCUT2D eigenvalue weighted by molar-refractivity contribution is -0.143. The van der Waals surface area contributed by atoms with Crippen LogP contribution in [0.25, 0.3) is 6.08 Å². The third kappa shape index (κ3) is 6.77. The molecule has 0 saturated heterocycles. The molecule has 0 bridgehead atoms. The smallest absolute Gasteiger partial charge is 0.331 e. The van der Waals surface area contributed by atoms with Crippen molar-refractivity contribution in [2.45, 2.75) is 6.42 Å². The first-order chi connectivity index (χ1) is 12.0. The Morgan fingerprint density at radius 3 is 2.72 bits per heavy atom. The van der Waals surface area contributed by atoms with Crippen LogP contribution in [0.1, 0.15) is 11.1 Å². The van der Waals surface area contributed by atoms with E-state index < -0.39 is 18.5 Å². The number of amides is 1. The standard InChI is InChI=1S/C19H17ClFNO3/c20-16-6-3-4-14(12-16)8-9-19(24)25-13-18(23)22-11-10-15-5-1-2-7-17(15)21/h1-9,12H,10-11,13H2,(H,22,23)/b9-8+. The van der Waals surface area contributed by atoms with E-state index in [0.717, 1.165) is 5.56 Å². The van der Waals surface area contributed by atoms with Gasteiger partial charge in [-0.05, 0) is 41.8 Å². The predicted octanol–water partition coefficient (Wildman–Crippen LogP) is 3.39. The van der Waals surface area contributed by atoms with Gasteiger partial charge in [-0.25, -0.2) is 9.18 Å². The number of hydrogen-bond acceptors (Lipinski definition) is 3. The van der Waals surface area contributed by atoms with Crippen molar-refractivity contribution in [3.63, 3.8) is 0 Å². The molecule has 0 unspecified atom stereocenters. The van der Waals surface area contributed by atoms with Crippen LogP contribution in [0.2, 0.25) is 5.02 Å². The van der Waals surface area contributed by atoms with Crippen LogP contribution in [0, 0.1) is 5.82 Å².